The molecule has 0 aromatic carbocycles. The van der Waals surface area contributed by atoms with Crippen LogP contribution in [0, 0.1) is 0 Å². The van der Waals surface area contributed by atoms with Crippen molar-refractivity contribution in [1.82, 2.24) is 15.2 Å². The molecule has 0 spiro atoms. The van der Waals surface area contributed by atoms with Crippen LogP contribution in [0.2, 0.25) is 0 Å². The maximum Gasteiger partial charge on any atom is 0.352 e. The number of carboxylic acids is 1. The summed E-state index contributed by atoms with van der Waals surface area (Å²) in [5, 5.41) is 17.7. The van der Waals surface area contributed by atoms with Gasteiger partial charge in [0.05, 0.1) is 0 Å². The number of nitrogens with two attached hydrogens (primary N) is 1. The Labute approximate surface area is 208 Å². The molecule has 2 atom stereocenters. The Morgan fingerprint density at radius 1 is 1.43 bits per heavy atom. The molecule has 35 heavy (non-hydrogen) atoms. The highest BCUT2D eigenvalue weighted by molar-refractivity contribution is 8.00. The van der Waals surface area contributed by atoms with Crippen molar-refractivity contribution in [1.29, 1.82) is 0 Å². The minimum atomic E-state index is -1.16. The highest BCUT2D eigenvalue weighted by atomic mass is 32.2. The number of thiazole rings is 1. The molecule has 0 saturated carbocycles. The van der Waals surface area contributed by atoms with Crippen molar-refractivity contribution in [3.63, 3.8) is 0 Å². The third-order valence-electron chi connectivity index (χ3n) is 6.20. The maximum absolute atomic E-state index is 13.0. The average Bonchev–Trinajstić information content (AvgIpc) is 3.49. The molecule has 2 amide bonds. The molecule has 1 fully saturated rings. The smallest absolute Gasteiger partial charge is 0.352 e. The first-order valence-electron chi connectivity index (χ1n) is 10.9. The number of oxime groups is 1. The number of nitrogen functional groups attached to an aromatic ring is 1. The van der Waals surface area contributed by atoms with E-state index >= 15 is 0 Å². The van der Waals surface area contributed by atoms with Gasteiger partial charge in [0.2, 0.25) is 0 Å². The SMILES string of the molecule is CON=C(C(=O)N[C@@H]1C(=O)N2C(C(=O)O)=C(C[n+]3cccc4c3CCC4)CS[C@H]12)c1csc(N)n1. The number of anilines is 1. The Morgan fingerprint density at radius 2 is 2.26 bits per heavy atom. The van der Waals surface area contributed by atoms with E-state index in [4.69, 9.17) is 10.6 Å². The van der Waals surface area contributed by atoms with Crippen LogP contribution in [0.15, 0.2) is 40.1 Å². The van der Waals surface area contributed by atoms with Gasteiger partial charge in [-0.3, -0.25) is 14.5 Å². The number of thioether (sulfide) groups is 1. The number of aliphatic carboxylic acids is 1. The Balaban J connectivity index is 1.36. The number of carbonyl (C=O) groups is 3. The van der Waals surface area contributed by atoms with Gasteiger partial charge in [-0.25, -0.2) is 9.78 Å². The molecular formula is C22H23N6O5S2+. The number of hydrogen-bond acceptors (Lipinski definition) is 9. The summed E-state index contributed by atoms with van der Waals surface area (Å²) in [6.07, 6.45) is 5.01. The van der Waals surface area contributed by atoms with E-state index in [9.17, 15) is 19.5 Å². The second kappa shape index (κ2) is 9.30. The predicted molar refractivity (Wildman–Crippen MR) is 128 cm³/mol. The van der Waals surface area contributed by atoms with Crippen molar-refractivity contribution >= 4 is 51.7 Å². The molecule has 0 unspecified atom stereocenters. The van der Waals surface area contributed by atoms with Crippen LogP contribution in [0.4, 0.5) is 5.13 Å². The van der Waals surface area contributed by atoms with Crippen LogP contribution in [-0.2, 0) is 38.6 Å². The number of aromatic nitrogens is 2. The van der Waals surface area contributed by atoms with Crippen LogP contribution in [0.3, 0.4) is 0 Å². The van der Waals surface area contributed by atoms with Gasteiger partial charge in [0, 0.05) is 34.8 Å². The molecule has 0 radical (unpaired) electrons. The lowest BCUT2D eigenvalue weighted by molar-refractivity contribution is -0.696. The van der Waals surface area contributed by atoms with Crippen LogP contribution in [-0.4, -0.2) is 62.8 Å². The molecule has 2 aliphatic heterocycles. The van der Waals surface area contributed by atoms with Crippen molar-refractivity contribution < 1.29 is 28.9 Å². The summed E-state index contributed by atoms with van der Waals surface area (Å²) in [4.78, 5) is 48.2. The maximum atomic E-state index is 13.0. The second-order valence-corrected chi connectivity index (χ2v) is 10.3. The summed E-state index contributed by atoms with van der Waals surface area (Å²) in [5.74, 6) is -1.86. The normalized spacial score (nSPS) is 21.3. The number of fused-ring (bicyclic) bond motifs is 2. The number of nitrogens with zero attached hydrogens (tertiary/aromatic N) is 4. The van der Waals surface area contributed by atoms with Crippen molar-refractivity contribution in [2.45, 2.75) is 37.2 Å². The number of aryl methyl sites for hydroxylation is 1. The van der Waals surface area contributed by atoms with Gasteiger partial charge in [-0.1, -0.05) is 5.16 Å². The van der Waals surface area contributed by atoms with Crippen molar-refractivity contribution in [3.8, 4) is 0 Å². The highest BCUT2D eigenvalue weighted by Gasteiger charge is 2.55. The van der Waals surface area contributed by atoms with E-state index in [2.05, 4.69) is 26.1 Å². The van der Waals surface area contributed by atoms with Crippen LogP contribution < -0.4 is 15.6 Å². The van der Waals surface area contributed by atoms with E-state index in [0.29, 0.717) is 17.9 Å². The Bertz CT molecular complexity index is 1290. The predicted octanol–water partition coefficient (Wildman–Crippen LogP) is 0.291. The number of β-lactam (4-membered cyclic amide) rings is 1. The molecule has 1 aliphatic carbocycles. The molecule has 1 saturated heterocycles. The van der Waals surface area contributed by atoms with Crippen LogP contribution in [0.25, 0.3) is 0 Å². The lowest BCUT2D eigenvalue weighted by Crippen LogP contribution is -2.71. The summed E-state index contributed by atoms with van der Waals surface area (Å²) in [7, 11) is 1.29. The molecule has 2 aromatic heterocycles. The van der Waals surface area contributed by atoms with E-state index in [0.717, 1.165) is 30.6 Å². The topological polar surface area (TPSA) is 151 Å². The zero-order valence-corrected chi connectivity index (χ0v) is 20.4. The highest BCUT2D eigenvalue weighted by Crippen LogP contribution is 2.40. The number of nitrogens with one attached hydrogen (secondary N) is 1. The van der Waals surface area contributed by atoms with E-state index in [1.165, 1.54) is 35.0 Å². The summed E-state index contributed by atoms with van der Waals surface area (Å²) in [6.45, 7) is 0.404. The number of rotatable bonds is 7. The van der Waals surface area contributed by atoms with E-state index in [1.54, 1.807) is 5.38 Å². The first kappa shape index (κ1) is 23.3. The molecule has 4 N–H and O–H groups in total. The zero-order valence-electron chi connectivity index (χ0n) is 18.8. The van der Waals surface area contributed by atoms with Crippen LogP contribution >= 0.6 is 23.1 Å². The number of hydrogen-bond donors (Lipinski definition) is 3. The lowest BCUT2D eigenvalue weighted by atomic mass is 10.0. The van der Waals surface area contributed by atoms with Gasteiger partial charge in [-0.05, 0) is 18.9 Å². The van der Waals surface area contributed by atoms with E-state index in [1.807, 2.05) is 12.3 Å². The molecular weight excluding hydrogens is 492 g/mol. The molecule has 13 heteroatoms. The fourth-order valence-corrected chi connectivity index (χ4v) is 6.56. The minimum Gasteiger partial charge on any atom is -0.477 e. The number of amides is 2. The fraction of sp³-hybridized carbons (Fsp3) is 0.364. The third-order valence-corrected chi connectivity index (χ3v) is 8.21. The number of pyridine rings is 1. The second-order valence-electron chi connectivity index (χ2n) is 8.27. The molecule has 5 rings (SSSR count). The van der Waals surface area contributed by atoms with E-state index < -0.39 is 29.2 Å². The Morgan fingerprint density at radius 3 is 2.97 bits per heavy atom. The molecule has 2 aromatic rings. The van der Waals surface area contributed by atoms with E-state index in [-0.39, 0.29) is 22.2 Å². The summed E-state index contributed by atoms with van der Waals surface area (Å²) in [5.41, 5.74) is 8.92. The quantitative estimate of drug-likeness (QED) is 0.206. The summed E-state index contributed by atoms with van der Waals surface area (Å²) < 4.78 is 2.08. The monoisotopic (exact) mass is 515 g/mol. The molecule has 3 aliphatic rings. The van der Waals surface area contributed by atoms with Gasteiger partial charge in [0.1, 0.15) is 29.9 Å². The van der Waals surface area contributed by atoms with Gasteiger partial charge in [0.25, 0.3) is 11.8 Å². The summed E-state index contributed by atoms with van der Waals surface area (Å²) >= 11 is 2.57. The largest absolute Gasteiger partial charge is 0.477 e. The zero-order chi connectivity index (χ0) is 24.7. The van der Waals surface area contributed by atoms with Crippen LogP contribution in [0.1, 0.15) is 23.4 Å². The Kier molecular flexibility index (Phi) is 6.19. The van der Waals surface area contributed by atoms with Gasteiger partial charge in [-0.2, -0.15) is 4.57 Å². The number of carboxylic acid groups (broad SMARTS) is 1. The molecule has 4 heterocycles. The van der Waals surface area contributed by atoms with Crippen LogP contribution in [0.5, 0.6) is 0 Å². The fourth-order valence-electron chi connectivity index (χ4n) is 4.67. The Hall–Kier alpha value is -3.45. The van der Waals surface area contributed by atoms with Gasteiger partial charge < -0.3 is 21.0 Å². The van der Waals surface area contributed by atoms with Gasteiger partial charge >= 0.3 is 5.97 Å². The van der Waals surface area contributed by atoms with Crippen molar-refractivity contribution in [2.75, 3.05) is 18.6 Å². The summed E-state index contributed by atoms with van der Waals surface area (Å²) in [6, 6.07) is 3.18. The third kappa shape index (κ3) is 4.14. The number of carbonyl (C=O) groups excluding carboxylic acids is 2. The standard InChI is InChI=1S/C22H22N6O5S2/c1-33-26-15(13-10-35-22(23)24-13)18(29)25-16-19(30)28-17(21(31)32)12(9-34-20(16)28)8-27-7-3-5-11-4-2-6-14(11)27/h3,5,7,10,16,20H,2,4,6,8-9H2,1H3,(H3-,23,24,25,29,31,32)/p+1/t16-,20-/m1/s1. The van der Waals surface area contributed by atoms with Crippen molar-refractivity contribution in [3.05, 3.63) is 51.9 Å². The first-order chi connectivity index (χ1) is 16.9. The molecule has 182 valence electrons. The molecule has 0 bridgehead atoms. The van der Waals surface area contributed by atoms with Gasteiger partial charge in [-0.15, -0.1) is 23.1 Å². The van der Waals surface area contributed by atoms with Gasteiger partial charge in [0.15, 0.2) is 29.3 Å². The first-order valence-corrected chi connectivity index (χ1v) is 12.9. The molecule has 11 nitrogen and oxygen atoms in total. The average molecular weight is 516 g/mol. The lowest BCUT2D eigenvalue weighted by Gasteiger charge is -2.49. The minimum absolute atomic E-state index is 0.00888. The van der Waals surface area contributed by atoms with Crippen molar-refractivity contribution in [2.24, 2.45) is 5.16 Å².